The van der Waals surface area contributed by atoms with Gasteiger partial charge >= 0.3 is 0 Å². The Morgan fingerprint density at radius 3 is 2.38 bits per heavy atom. The van der Waals surface area contributed by atoms with Gasteiger partial charge in [0.15, 0.2) is 11.3 Å². The Morgan fingerprint density at radius 1 is 0.875 bits per heavy atom. The van der Waals surface area contributed by atoms with Gasteiger partial charge in [-0.15, -0.1) is 0 Å². The van der Waals surface area contributed by atoms with Crippen LogP contribution in [0.5, 0.6) is 11.5 Å². The average Bonchev–Trinajstić information content (AvgIpc) is 3.31. The number of ether oxygens (including phenoxy) is 2. The van der Waals surface area contributed by atoms with Crippen molar-refractivity contribution in [2.45, 2.75) is 13.0 Å². The summed E-state index contributed by atoms with van der Waals surface area (Å²) in [5.41, 5.74) is 5.84. The normalized spacial score (nSPS) is 14.4. The van der Waals surface area contributed by atoms with Gasteiger partial charge in [0.1, 0.15) is 11.5 Å². The lowest BCUT2D eigenvalue weighted by Crippen LogP contribution is -2.28. The first-order valence-electron chi connectivity index (χ1n) is 11.0. The summed E-state index contributed by atoms with van der Waals surface area (Å²) >= 11 is 0. The fourth-order valence-corrected chi connectivity index (χ4v) is 4.36. The molecule has 4 aromatic rings. The van der Waals surface area contributed by atoms with Gasteiger partial charge in [0.25, 0.3) is 0 Å². The molecule has 1 aliphatic rings. The summed E-state index contributed by atoms with van der Waals surface area (Å²) in [6.45, 7) is 2.86. The monoisotopic (exact) mass is 425 g/mol. The molecule has 0 bridgehead atoms. The molecule has 32 heavy (non-hydrogen) atoms. The minimum atomic E-state index is 0.758. The van der Waals surface area contributed by atoms with Crippen molar-refractivity contribution in [1.29, 1.82) is 0 Å². The van der Waals surface area contributed by atoms with Crippen molar-refractivity contribution in [3.8, 4) is 22.8 Å². The molecule has 0 unspecified atom stereocenters. The zero-order valence-electron chi connectivity index (χ0n) is 18.5. The molecule has 0 radical (unpaired) electrons. The minimum Gasteiger partial charge on any atom is -0.497 e. The third-order valence-electron chi connectivity index (χ3n) is 6.16. The Labute approximate surface area is 188 Å². The first-order valence-corrected chi connectivity index (χ1v) is 11.0. The molecule has 1 aliphatic heterocycles. The summed E-state index contributed by atoms with van der Waals surface area (Å²) in [4.78, 5) is 2.48. The van der Waals surface area contributed by atoms with Crippen molar-refractivity contribution < 1.29 is 13.9 Å². The van der Waals surface area contributed by atoms with Crippen LogP contribution in [0, 0.1) is 0 Å². The molecule has 1 aromatic heterocycles. The van der Waals surface area contributed by atoms with E-state index in [1.807, 2.05) is 30.3 Å². The van der Waals surface area contributed by atoms with Gasteiger partial charge in [0.05, 0.1) is 14.2 Å². The lowest BCUT2D eigenvalue weighted by atomic mass is 9.99. The highest BCUT2D eigenvalue weighted by atomic mass is 16.5. The smallest absolute Gasteiger partial charge is 0.176 e. The second-order valence-electron chi connectivity index (χ2n) is 8.09. The van der Waals surface area contributed by atoms with E-state index in [9.17, 15) is 0 Å². The molecule has 0 N–H and O–H groups in total. The van der Waals surface area contributed by atoms with Crippen LogP contribution in [-0.2, 0) is 6.54 Å². The Balaban J connectivity index is 1.41. The summed E-state index contributed by atoms with van der Waals surface area (Å²) in [5, 5.41) is 1.10. The van der Waals surface area contributed by atoms with Gasteiger partial charge in [-0.05, 0) is 59.5 Å². The maximum Gasteiger partial charge on any atom is 0.176 e. The minimum absolute atomic E-state index is 0.758. The predicted octanol–water partition coefficient (Wildman–Crippen LogP) is 6.41. The molecule has 0 fully saturated rings. The van der Waals surface area contributed by atoms with Crippen LogP contribution in [0.3, 0.4) is 0 Å². The lowest BCUT2D eigenvalue weighted by Gasteiger charge is -2.26. The molecule has 0 saturated carbocycles. The number of fused-ring (bicyclic) bond motifs is 1. The van der Waals surface area contributed by atoms with Crippen molar-refractivity contribution in [1.82, 2.24) is 4.90 Å². The molecule has 162 valence electrons. The molecule has 0 aliphatic carbocycles. The van der Waals surface area contributed by atoms with E-state index in [1.165, 1.54) is 16.7 Å². The number of methoxy groups -OCH3 is 2. The van der Waals surface area contributed by atoms with Gasteiger partial charge in [0, 0.05) is 30.6 Å². The van der Waals surface area contributed by atoms with Gasteiger partial charge in [0.2, 0.25) is 0 Å². The van der Waals surface area contributed by atoms with Crippen LogP contribution < -0.4 is 9.47 Å². The molecule has 2 heterocycles. The molecule has 0 spiro atoms. The highest BCUT2D eigenvalue weighted by Gasteiger charge is 2.18. The molecule has 4 nitrogen and oxygen atoms in total. The molecule has 3 aromatic carbocycles. The van der Waals surface area contributed by atoms with E-state index in [0.717, 1.165) is 59.8 Å². The van der Waals surface area contributed by atoms with Gasteiger partial charge in [-0.3, -0.25) is 4.90 Å². The van der Waals surface area contributed by atoms with Gasteiger partial charge in [-0.1, -0.05) is 42.5 Å². The van der Waals surface area contributed by atoms with Crippen molar-refractivity contribution in [2.75, 3.05) is 27.3 Å². The van der Waals surface area contributed by atoms with Gasteiger partial charge in [-0.25, -0.2) is 0 Å². The van der Waals surface area contributed by atoms with Crippen molar-refractivity contribution >= 4 is 16.5 Å². The second kappa shape index (κ2) is 8.93. The van der Waals surface area contributed by atoms with Gasteiger partial charge < -0.3 is 13.9 Å². The number of furan rings is 1. The van der Waals surface area contributed by atoms with Crippen molar-refractivity contribution in [3.05, 3.63) is 90.0 Å². The third-order valence-corrected chi connectivity index (χ3v) is 6.16. The van der Waals surface area contributed by atoms with E-state index < -0.39 is 0 Å². The summed E-state index contributed by atoms with van der Waals surface area (Å²) < 4.78 is 17.1. The first kappa shape index (κ1) is 20.4. The molecule has 0 atom stereocenters. The molecule has 0 saturated heterocycles. The second-order valence-corrected chi connectivity index (χ2v) is 8.09. The standard InChI is InChI=1S/C28H27NO3/c1-30-24-11-8-22(9-12-24)27-18-25-23(10-13-26(31-2)28(25)32-27)19-29-16-14-21(15-17-29)20-6-4-3-5-7-20/h3-14,18H,15-17,19H2,1-2H3. The van der Waals surface area contributed by atoms with Gasteiger partial charge in [-0.2, -0.15) is 0 Å². The van der Waals surface area contributed by atoms with Crippen LogP contribution >= 0.6 is 0 Å². The summed E-state index contributed by atoms with van der Waals surface area (Å²) in [5.74, 6) is 2.42. The van der Waals surface area contributed by atoms with Crippen molar-refractivity contribution in [3.63, 3.8) is 0 Å². The zero-order chi connectivity index (χ0) is 21.9. The number of rotatable bonds is 6. The summed E-state index contributed by atoms with van der Waals surface area (Å²) in [7, 11) is 3.36. The highest BCUT2D eigenvalue weighted by molar-refractivity contribution is 5.90. The molecule has 5 rings (SSSR count). The maximum absolute atomic E-state index is 6.26. The zero-order valence-corrected chi connectivity index (χ0v) is 18.5. The third kappa shape index (κ3) is 4.02. The number of nitrogens with zero attached hydrogens (tertiary/aromatic N) is 1. The van der Waals surface area contributed by atoms with Crippen LogP contribution in [0.25, 0.3) is 27.9 Å². The fraction of sp³-hybridized carbons (Fsp3) is 0.214. The summed E-state index contributed by atoms with van der Waals surface area (Å²) in [6, 6.07) is 24.9. The van der Waals surface area contributed by atoms with E-state index in [0.29, 0.717) is 0 Å². The maximum atomic E-state index is 6.26. The van der Waals surface area contributed by atoms with E-state index in [-0.39, 0.29) is 0 Å². The predicted molar refractivity (Wildman–Crippen MR) is 129 cm³/mol. The van der Waals surface area contributed by atoms with E-state index >= 15 is 0 Å². The van der Waals surface area contributed by atoms with Crippen LogP contribution in [0.4, 0.5) is 0 Å². The fourth-order valence-electron chi connectivity index (χ4n) is 4.36. The SMILES string of the molecule is COc1ccc(-c2cc3c(CN4CC=C(c5ccccc5)CC4)ccc(OC)c3o2)cc1. The van der Waals surface area contributed by atoms with Crippen LogP contribution in [0.15, 0.2) is 83.3 Å². The van der Waals surface area contributed by atoms with Crippen LogP contribution in [-0.4, -0.2) is 32.2 Å². The first-order chi connectivity index (χ1) is 15.7. The number of benzene rings is 3. The Hall–Kier alpha value is -3.50. The number of hydrogen-bond donors (Lipinski definition) is 0. The quantitative estimate of drug-likeness (QED) is 0.358. The largest absolute Gasteiger partial charge is 0.497 e. The van der Waals surface area contributed by atoms with E-state index in [2.05, 4.69) is 53.4 Å². The lowest BCUT2D eigenvalue weighted by molar-refractivity contribution is 0.295. The van der Waals surface area contributed by atoms with Crippen LogP contribution in [0.1, 0.15) is 17.5 Å². The van der Waals surface area contributed by atoms with Crippen molar-refractivity contribution in [2.24, 2.45) is 0 Å². The molecular formula is C28H27NO3. The average molecular weight is 426 g/mol. The number of hydrogen-bond acceptors (Lipinski definition) is 4. The molecule has 0 amide bonds. The highest BCUT2D eigenvalue weighted by Crippen LogP contribution is 2.37. The van der Waals surface area contributed by atoms with E-state index in [1.54, 1.807) is 14.2 Å². The topological polar surface area (TPSA) is 34.8 Å². The molecule has 4 heteroatoms. The Bertz CT molecular complexity index is 1240. The Kier molecular flexibility index (Phi) is 5.70. The van der Waals surface area contributed by atoms with Crippen LogP contribution in [0.2, 0.25) is 0 Å². The molecular weight excluding hydrogens is 398 g/mol. The Morgan fingerprint density at radius 2 is 1.69 bits per heavy atom. The van der Waals surface area contributed by atoms with E-state index in [4.69, 9.17) is 13.9 Å². The summed E-state index contributed by atoms with van der Waals surface area (Å²) in [6.07, 6.45) is 3.42.